The number of ether oxygens (including phenoxy) is 1. The maximum Gasteiger partial charge on any atom is 0.370 e. The molecule has 1 fully saturated rings. The van der Waals surface area contributed by atoms with Gasteiger partial charge in [-0.05, 0) is 41.8 Å². The van der Waals surface area contributed by atoms with Crippen LogP contribution in [-0.2, 0) is 11.4 Å². The third-order valence-electron chi connectivity index (χ3n) is 3.41. The fourth-order valence-electron chi connectivity index (χ4n) is 2.23. The van der Waals surface area contributed by atoms with Gasteiger partial charge in [0.2, 0.25) is 0 Å². The maximum absolute atomic E-state index is 12.3. The summed E-state index contributed by atoms with van der Waals surface area (Å²) >= 11 is 1.46. The molecule has 1 aliphatic rings. The Morgan fingerprint density at radius 2 is 2.30 bits per heavy atom. The molecule has 2 atom stereocenters. The molecule has 0 saturated carbocycles. The molecular weight excluding hydrogens is 278 g/mol. The standard InChI is InChI=1S/C12H17N5O2S/c1-9-7-19-10(2)6-15(9)8-16-12(18)17(14-13-16)11-4-3-5-20-11/h3-5,9-10H,6-8H2,1-2H3. The van der Waals surface area contributed by atoms with Crippen molar-refractivity contribution in [3.63, 3.8) is 0 Å². The van der Waals surface area contributed by atoms with Crippen LogP contribution in [0.2, 0.25) is 0 Å². The minimum absolute atomic E-state index is 0.175. The molecule has 0 aromatic carbocycles. The quantitative estimate of drug-likeness (QED) is 0.828. The molecule has 1 aliphatic heterocycles. The third-order valence-corrected chi connectivity index (χ3v) is 4.25. The molecule has 8 heteroatoms. The Bertz CT molecular complexity index is 620. The summed E-state index contributed by atoms with van der Waals surface area (Å²) in [4.78, 5) is 14.5. The molecule has 0 spiro atoms. The SMILES string of the molecule is CC1CN(Cn2nnn(-c3cccs3)c2=O)C(C)CO1. The van der Waals surface area contributed by atoms with Crippen molar-refractivity contribution in [2.75, 3.05) is 13.2 Å². The fraction of sp³-hybridized carbons (Fsp3) is 0.583. The first kappa shape index (κ1) is 13.5. The molecule has 2 aromatic rings. The molecule has 0 radical (unpaired) electrons. The Morgan fingerprint density at radius 3 is 3.05 bits per heavy atom. The lowest BCUT2D eigenvalue weighted by Gasteiger charge is -2.36. The van der Waals surface area contributed by atoms with Crippen LogP contribution in [0.3, 0.4) is 0 Å². The second kappa shape index (κ2) is 5.47. The van der Waals surface area contributed by atoms with Gasteiger partial charge < -0.3 is 4.74 Å². The number of rotatable bonds is 3. The summed E-state index contributed by atoms with van der Waals surface area (Å²) in [6.07, 6.45) is 0.175. The van der Waals surface area contributed by atoms with Crippen LogP contribution in [0.4, 0.5) is 0 Å². The molecule has 0 amide bonds. The molecule has 3 heterocycles. The van der Waals surface area contributed by atoms with E-state index in [1.807, 2.05) is 24.4 Å². The summed E-state index contributed by atoms with van der Waals surface area (Å²) in [6.45, 7) is 6.03. The van der Waals surface area contributed by atoms with E-state index >= 15 is 0 Å². The van der Waals surface area contributed by atoms with Gasteiger partial charge in [-0.3, -0.25) is 4.90 Å². The van der Waals surface area contributed by atoms with Gasteiger partial charge in [-0.25, -0.2) is 4.79 Å². The minimum atomic E-state index is -0.209. The smallest absolute Gasteiger partial charge is 0.370 e. The zero-order chi connectivity index (χ0) is 14.1. The first-order valence-corrected chi connectivity index (χ1v) is 7.45. The van der Waals surface area contributed by atoms with Crippen molar-refractivity contribution < 1.29 is 4.74 Å². The van der Waals surface area contributed by atoms with Gasteiger partial charge in [-0.2, -0.15) is 9.36 Å². The lowest BCUT2D eigenvalue weighted by atomic mass is 10.2. The van der Waals surface area contributed by atoms with Crippen molar-refractivity contribution in [3.8, 4) is 5.00 Å². The topological polar surface area (TPSA) is 65.2 Å². The minimum Gasteiger partial charge on any atom is -0.376 e. The average molecular weight is 295 g/mol. The molecule has 3 rings (SSSR count). The van der Waals surface area contributed by atoms with Gasteiger partial charge in [0.05, 0.1) is 12.7 Å². The third kappa shape index (κ3) is 2.54. The van der Waals surface area contributed by atoms with E-state index in [4.69, 9.17) is 4.74 Å². The van der Waals surface area contributed by atoms with Gasteiger partial charge in [-0.1, -0.05) is 0 Å². The lowest BCUT2D eigenvalue weighted by Crippen LogP contribution is -2.49. The number of hydrogen-bond acceptors (Lipinski definition) is 6. The number of aromatic nitrogens is 4. The summed E-state index contributed by atoms with van der Waals surface area (Å²) in [6, 6.07) is 4.01. The molecular formula is C12H17N5O2S. The molecule has 108 valence electrons. The van der Waals surface area contributed by atoms with E-state index in [1.165, 1.54) is 20.7 Å². The molecule has 0 N–H and O–H groups in total. The number of nitrogens with zero attached hydrogens (tertiary/aromatic N) is 5. The Balaban J connectivity index is 1.80. The van der Waals surface area contributed by atoms with Crippen molar-refractivity contribution in [1.82, 2.24) is 24.7 Å². The van der Waals surface area contributed by atoms with Gasteiger partial charge in [0.15, 0.2) is 0 Å². The Labute approximate surface area is 120 Å². The van der Waals surface area contributed by atoms with Gasteiger partial charge >= 0.3 is 5.69 Å². The van der Waals surface area contributed by atoms with Gasteiger partial charge in [-0.15, -0.1) is 11.3 Å². The lowest BCUT2D eigenvalue weighted by molar-refractivity contribution is -0.0628. The highest BCUT2D eigenvalue weighted by molar-refractivity contribution is 7.12. The predicted octanol–water partition coefficient (Wildman–Crippen LogP) is 0.557. The average Bonchev–Trinajstić information content (AvgIpc) is 3.05. The number of morpholine rings is 1. The van der Waals surface area contributed by atoms with Crippen LogP contribution in [0, 0.1) is 0 Å². The highest BCUT2D eigenvalue weighted by Crippen LogP contribution is 2.12. The highest BCUT2D eigenvalue weighted by Gasteiger charge is 2.24. The van der Waals surface area contributed by atoms with E-state index in [-0.39, 0.29) is 17.8 Å². The molecule has 7 nitrogen and oxygen atoms in total. The first-order valence-electron chi connectivity index (χ1n) is 6.57. The van der Waals surface area contributed by atoms with Crippen molar-refractivity contribution in [2.45, 2.75) is 32.7 Å². The van der Waals surface area contributed by atoms with Crippen LogP contribution in [0.5, 0.6) is 0 Å². The summed E-state index contributed by atoms with van der Waals surface area (Å²) in [5.74, 6) is 0. The van der Waals surface area contributed by atoms with Crippen LogP contribution in [0.1, 0.15) is 13.8 Å². The first-order chi connectivity index (χ1) is 9.65. The maximum atomic E-state index is 12.3. The Morgan fingerprint density at radius 1 is 1.45 bits per heavy atom. The van der Waals surface area contributed by atoms with Crippen LogP contribution in [0.25, 0.3) is 5.00 Å². The molecule has 20 heavy (non-hydrogen) atoms. The van der Waals surface area contributed by atoms with Crippen molar-refractivity contribution in [1.29, 1.82) is 0 Å². The van der Waals surface area contributed by atoms with E-state index in [0.717, 1.165) is 11.5 Å². The Kier molecular flexibility index (Phi) is 3.68. The van der Waals surface area contributed by atoms with Crippen molar-refractivity contribution in [3.05, 3.63) is 28.0 Å². The van der Waals surface area contributed by atoms with E-state index in [2.05, 4.69) is 22.3 Å². The van der Waals surface area contributed by atoms with E-state index in [0.29, 0.717) is 13.3 Å². The highest BCUT2D eigenvalue weighted by atomic mass is 32.1. The number of hydrogen-bond donors (Lipinski definition) is 0. The number of tetrazole rings is 1. The monoisotopic (exact) mass is 295 g/mol. The summed E-state index contributed by atoms with van der Waals surface area (Å²) < 4.78 is 8.31. The molecule has 2 aromatic heterocycles. The fourth-order valence-corrected chi connectivity index (χ4v) is 2.90. The van der Waals surface area contributed by atoms with Crippen LogP contribution >= 0.6 is 11.3 Å². The summed E-state index contributed by atoms with van der Waals surface area (Å²) in [7, 11) is 0. The van der Waals surface area contributed by atoms with Gasteiger partial charge in [0.25, 0.3) is 0 Å². The van der Waals surface area contributed by atoms with Crippen LogP contribution in [-0.4, -0.2) is 50.0 Å². The largest absolute Gasteiger partial charge is 0.376 e. The zero-order valence-electron chi connectivity index (χ0n) is 11.5. The summed E-state index contributed by atoms with van der Waals surface area (Å²) in [5.41, 5.74) is -0.209. The van der Waals surface area contributed by atoms with E-state index in [9.17, 15) is 4.79 Å². The van der Waals surface area contributed by atoms with Crippen LogP contribution < -0.4 is 5.69 Å². The number of thiophene rings is 1. The van der Waals surface area contributed by atoms with Gasteiger partial charge in [0.1, 0.15) is 11.7 Å². The normalized spacial score (nSPS) is 24.1. The van der Waals surface area contributed by atoms with E-state index < -0.39 is 0 Å². The second-order valence-electron chi connectivity index (χ2n) is 5.03. The van der Waals surface area contributed by atoms with Gasteiger partial charge in [0, 0.05) is 12.6 Å². The molecule has 0 bridgehead atoms. The summed E-state index contributed by atoms with van der Waals surface area (Å²) in [5, 5.41) is 10.6. The molecule has 1 saturated heterocycles. The second-order valence-corrected chi connectivity index (χ2v) is 5.96. The van der Waals surface area contributed by atoms with E-state index in [1.54, 1.807) is 0 Å². The predicted molar refractivity (Wildman–Crippen MR) is 75.1 cm³/mol. The van der Waals surface area contributed by atoms with Crippen LogP contribution in [0.15, 0.2) is 22.3 Å². The molecule has 0 aliphatic carbocycles. The van der Waals surface area contributed by atoms with Crippen molar-refractivity contribution >= 4 is 11.3 Å². The van der Waals surface area contributed by atoms with Crippen molar-refractivity contribution in [2.24, 2.45) is 0 Å². The molecule has 2 unspecified atom stereocenters. The zero-order valence-corrected chi connectivity index (χ0v) is 12.3. The Hall–Kier alpha value is -1.51.